The molecule has 7 heteroatoms. The van der Waals surface area contributed by atoms with Crippen LogP contribution in [0.2, 0.25) is 0 Å². The lowest BCUT2D eigenvalue weighted by atomic mass is 10.0. The van der Waals surface area contributed by atoms with Crippen molar-refractivity contribution in [2.45, 2.75) is 19.4 Å². The summed E-state index contributed by atoms with van der Waals surface area (Å²) in [6, 6.07) is 8.64. The Kier molecular flexibility index (Phi) is 4.80. The number of carbonyl (C=O) groups is 2. The Labute approximate surface area is 133 Å². The molecule has 7 nitrogen and oxygen atoms in total. The van der Waals surface area contributed by atoms with Crippen molar-refractivity contribution in [2.24, 2.45) is 0 Å². The number of ether oxygens (including phenoxy) is 1. The molecule has 23 heavy (non-hydrogen) atoms. The number of amides is 1. The smallest absolute Gasteiger partial charge is 0.331 e. The van der Waals surface area contributed by atoms with Gasteiger partial charge in [-0.15, -0.1) is 0 Å². The second-order valence-electron chi connectivity index (χ2n) is 5.46. The first kappa shape index (κ1) is 16.7. The number of carboxylic acids is 1. The van der Waals surface area contributed by atoms with Crippen molar-refractivity contribution >= 4 is 11.9 Å². The van der Waals surface area contributed by atoms with E-state index in [4.69, 9.17) is 4.74 Å². The van der Waals surface area contributed by atoms with Crippen LogP contribution in [0.5, 0.6) is 0 Å². The zero-order valence-electron chi connectivity index (χ0n) is 13.2. The number of methoxy groups -OCH3 is 1. The highest BCUT2D eigenvalue weighted by atomic mass is 16.5. The molecule has 0 spiro atoms. The average molecular weight is 317 g/mol. The number of carbonyl (C=O) groups excluding carboxylic acids is 1. The lowest BCUT2D eigenvalue weighted by Crippen LogP contribution is -2.55. The van der Waals surface area contributed by atoms with Crippen molar-refractivity contribution in [1.82, 2.24) is 15.1 Å². The largest absolute Gasteiger partial charge is 0.479 e. The fraction of sp³-hybridized carbons (Fsp3) is 0.312. The minimum absolute atomic E-state index is 0.126. The Morgan fingerprint density at radius 3 is 2.43 bits per heavy atom. The van der Waals surface area contributed by atoms with Gasteiger partial charge in [-0.25, -0.2) is 9.48 Å². The van der Waals surface area contributed by atoms with Crippen molar-refractivity contribution in [1.29, 1.82) is 0 Å². The molecule has 0 aliphatic carbocycles. The zero-order chi connectivity index (χ0) is 17.0. The molecular weight excluding hydrogens is 298 g/mol. The summed E-state index contributed by atoms with van der Waals surface area (Å²) in [5.74, 6) is -1.63. The summed E-state index contributed by atoms with van der Waals surface area (Å²) in [6.45, 7) is 3.20. The number of rotatable bonds is 6. The van der Waals surface area contributed by atoms with Crippen LogP contribution in [-0.4, -0.2) is 46.0 Å². The number of aryl methyl sites for hydroxylation is 1. The van der Waals surface area contributed by atoms with Gasteiger partial charge in [0.25, 0.3) is 5.91 Å². The molecule has 0 radical (unpaired) electrons. The summed E-state index contributed by atoms with van der Waals surface area (Å²) in [7, 11) is 1.38. The van der Waals surface area contributed by atoms with Crippen LogP contribution in [0.4, 0.5) is 0 Å². The lowest BCUT2D eigenvalue weighted by Gasteiger charge is -2.25. The van der Waals surface area contributed by atoms with Gasteiger partial charge in [-0.1, -0.05) is 0 Å². The fourth-order valence-corrected chi connectivity index (χ4v) is 2.16. The number of hydrogen-bond acceptors (Lipinski definition) is 4. The number of carboxylic acid groups (broad SMARTS) is 1. The van der Waals surface area contributed by atoms with Gasteiger partial charge in [0.1, 0.15) is 0 Å². The summed E-state index contributed by atoms with van der Waals surface area (Å²) in [5.41, 5.74) is 0.674. The van der Waals surface area contributed by atoms with Gasteiger partial charge in [0.05, 0.1) is 12.3 Å². The van der Waals surface area contributed by atoms with Gasteiger partial charge in [0.15, 0.2) is 5.54 Å². The Hall–Kier alpha value is -2.67. The highest BCUT2D eigenvalue weighted by molar-refractivity contribution is 5.97. The molecule has 1 aromatic heterocycles. The van der Waals surface area contributed by atoms with Crippen LogP contribution in [0.3, 0.4) is 0 Å². The fourth-order valence-electron chi connectivity index (χ4n) is 2.16. The van der Waals surface area contributed by atoms with Crippen LogP contribution >= 0.6 is 0 Å². The van der Waals surface area contributed by atoms with Crippen molar-refractivity contribution in [3.8, 4) is 5.69 Å². The Morgan fingerprint density at radius 2 is 1.96 bits per heavy atom. The van der Waals surface area contributed by atoms with Gasteiger partial charge in [-0.05, 0) is 44.2 Å². The molecule has 0 fully saturated rings. The van der Waals surface area contributed by atoms with Gasteiger partial charge in [-0.3, -0.25) is 4.79 Å². The van der Waals surface area contributed by atoms with Gasteiger partial charge in [0, 0.05) is 24.6 Å². The average Bonchev–Trinajstić information content (AvgIpc) is 2.93. The van der Waals surface area contributed by atoms with Crippen molar-refractivity contribution in [2.75, 3.05) is 13.7 Å². The van der Waals surface area contributed by atoms with E-state index in [0.717, 1.165) is 11.4 Å². The van der Waals surface area contributed by atoms with E-state index < -0.39 is 17.4 Å². The molecule has 2 N–H and O–H groups in total. The molecule has 1 heterocycles. The summed E-state index contributed by atoms with van der Waals surface area (Å²) < 4.78 is 6.62. The monoisotopic (exact) mass is 317 g/mol. The van der Waals surface area contributed by atoms with E-state index in [0.29, 0.717) is 5.56 Å². The molecule has 0 aliphatic heterocycles. The topological polar surface area (TPSA) is 93.5 Å². The third-order valence-corrected chi connectivity index (χ3v) is 3.50. The van der Waals surface area contributed by atoms with Gasteiger partial charge in [-0.2, -0.15) is 5.10 Å². The molecule has 2 rings (SSSR count). The second-order valence-corrected chi connectivity index (χ2v) is 5.46. The minimum Gasteiger partial charge on any atom is -0.479 e. The summed E-state index contributed by atoms with van der Waals surface area (Å²) >= 11 is 0. The molecule has 0 saturated carbocycles. The molecule has 1 amide bonds. The molecular formula is C16H19N3O4. The van der Waals surface area contributed by atoms with E-state index in [-0.39, 0.29) is 6.61 Å². The Balaban J connectivity index is 2.17. The third-order valence-electron chi connectivity index (χ3n) is 3.50. The van der Waals surface area contributed by atoms with E-state index in [1.807, 2.05) is 13.0 Å². The summed E-state index contributed by atoms with van der Waals surface area (Å²) in [5, 5.41) is 15.9. The molecule has 1 atom stereocenters. The standard InChI is InChI=1S/C16H19N3O4/c1-11-8-9-17-19(11)13-6-4-12(5-7-13)14(20)18-16(2,10-23-3)15(21)22/h4-9H,10H2,1-3H3,(H,18,20)(H,21,22). The zero-order valence-corrected chi connectivity index (χ0v) is 13.2. The number of nitrogens with zero attached hydrogens (tertiary/aromatic N) is 2. The van der Waals surface area contributed by atoms with E-state index in [9.17, 15) is 14.7 Å². The SMILES string of the molecule is COCC(C)(NC(=O)c1ccc(-n2nccc2C)cc1)C(=O)O. The number of aromatic nitrogens is 2. The number of benzene rings is 1. The second kappa shape index (κ2) is 6.62. The molecule has 2 aromatic rings. The van der Waals surface area contributed by atoms with Crippen molar-refractivity contribution in [3.63, 3.8) is 0 Å². The van der Waals surface area contributed by atoms with Gasteiger partial charge in [0.2, 0.25) is 0 Å². The first-order valence-corrected chi connectivity index (χ1v) is 7.03. The van der Waals surface area contributed by atoms with Crippen LogP contribution in [0.1, 0.15) is 23.0 Å². The Bertz CT molecular complexity index is 708. The predicted octanol–water partition coefficient (Wildman–Crippen LogP) is 1.40. The first-order chi connectivity index (χ1) is 10.9. The predicted molar refractivity (Wildman–Crippen MR) is 83.7 cm³/mol. The van der Waals surface area contributed by atoms with Crippen LogP contribution in [0.25, 0.3) is 5.69 Å². The first-order valence-electron chi connectivity index (χ1n) is 7.03. The van der Waals surface area contributed by atoms with Crippen LogP contribution < -0.4 is 5.32 Å². The molecule has 1 aromatic carbocycles. The molecule has 122 valence electrons. The highest BCUT2D eigenvalue weighted by Crippen LogP contribution is 2.13. The van der Waals surface area contributed by atoms with E-state index >= 15 is 0 Å². The maximum absolute atomic E-state index is 12.3. The minimum atomic E-state index is -1.48. The maximum Gasteiger partial charge on any atom is 0.331 e. The lowest BCUT2D eigenvalue weighted by molar-refractivity contribution is -0.145. The van der Waals surface area contributed by atoms with Crippen LogP contribution in [0.15, 0.2) is 36.5 Å². The van der Waals surface area contributed by atoms with Crippen molar-refractivity contribution < 1.29 is 19.4 Å². The van der Waals surface area contributed by atoms with E-state index in [2.05, 4.69) is 10.4 Å². The van der Waals surface area contributed by atoms with Gasteiger partial charge >= 0.3 is 5.97 Å². The number of hydrogen-bond donors (Lipinski definition) is 2. The van der Waals surface area contributed by atoms with Crippen LogP contribution in [-0.2, 0) is 9.53 Å². The van der Waals surface area contributed by atoms with E-state index in [1.165, 1.54) is 14.0 Å². The molecule has 1 unspecified atom stereocenters. The molecule has 0 bridgehead atoms. The maximum atomic E-state index is 12.3. The summed E-state index contributed by atoms with van der Waals surface area (Å²) in [6.07, 6.45) is 1.69. The number of nitrogens with one attached hydrogen (secondary N) is 1. The van der Waals surface area contributed by atoms with Gasteiger partial charge < -0.3 is 15.2 Å². The molecule has 0 aliphatic rings. The number of aliphatic carboxylic acids is 1. The Morgan fingerprint density at radius 1 is 1.30 bits per heavy atom. The van der Waals surface area contributed by atoms with E-state index in [1.54, 1.807) is 35.1 Å². The quantitative estimate of drug-likeness (QED) is 0.840. The normalized spacial score (nSPS) is 13.3. The highest BCUT2D eigenvalue weighted by Gasteiger charge is 2.35. The molecule has 0 saturated heterocycles. The van der Waals surface area contributed by atoms with Crippen LogP contribution in [0, 0.1) is 6.92 Å². The van der Waals surface area contributed by atoms with Crippen molar-refractivity contribution in [3.05, 3.63) is 47.8 Å². The third kappa shape index (κ3) is 3.57. The summed E-state index contributed by atoms with van der Waals surface area (Å²) in [4.78, 5) is 23.6.